The van der Waals surface area contributed by atoms with Crippen molar-refractivity contribution in [2.75, 3.05) is 11.1 Å². The monoisotopic (exact) mass is 195 g/mol. The summed E-state index contributed by atoms with van der Waals surface area (Å²) in [5.41, 5.74) is 6.91. The molecule has 0 spiro atoms. The number of rotatable bonds is 3. The van der Waals surface area contributed by atoms with E-state index in [0.29, 0.717) is 11.5 Å². The topological polar surface area (TPSA) is 88.2 Å². The van der Waals surface area contributed by atoms with Crippen molar-refractivity contribution < 1.29 is 9.90 Å². The molecule has 0 saturated carbocycles. The van der Waals surface area contributed by atoms with Crippen LogP contribution in [0.2, 0.25) is 0 Å². The van der Waals surface area contributed by atoms with Crippen molar-refractivity contribution in [3.05, 3.63) is 17.8 Å². The number of nitrogens with two attached hydrogens (primary N) is 1. The molecule has 5 heteroatoms. The van der Waals surface area contributed by atoms with Gasteiger partial charge in [0.05, 0.1) is 11.9 Å². The maximum atomic E-state index is 10.6. The van der Waals surface area contributed by atoms with Crippen LogP contribution in [-0.2, 0) is 4.79 Å². The van der Waals surface area contributed by atoms with Crippen LogP contribution in [0.3, 0.4) is 0 Å². The molecule has 0 saturated heterocycles. The van der Waals surface area contributed by atoms with E-state index < -0.39 is 12.0 Å². The van der Waals surface area contributed by atoms with Crippen molar-refractivity contribution in [1.29, 1.82) is 0 Å². The molecular formula is C9H13N3O2. The Bertz CT molecular complexity index is 352. The van der Waals surface area contributed by atoms with Crippen molar-refractivity contribution in [1.82, 2.24) is 4.98 Å². The molecule has 0 aliphatic heterocycles. The van der Waals surface area contributed by atoms with Crippen LogP contribution < -0.4 is 11.1 Å². The predicted molar refractivity (Wildman–Crippen MR) is 54.1 cm³/mol. The summed E-state index contributed by atoms with van der Waals surface area (Å²) < 4.78 is 0. The maximum Gasteiger partial charge on any atom is 0.325 e. The number of aliphatic carboxylic acids is 1. The number of aryl methyl sites for hydroxylation is 1. The number of hydrogen-bond acceptors (Lipinski definition) is 4. The van der Waals surface area contributed by atoms with Gasteiger partial charge in [0.1, 0.15) is 11.9 Å². The van der Waals surface area contributed by atoms with Gasteiger partial charge in [-0.1, -0.05) is 0 Å². The predicted octanol–water partition coefficient (Wildman–Crippen LogP) is 0.857. The number of nitrogen functional groups attached to an aromatic ring is 1. The van der Waals surface area contributed by atoms with Crippen LogP contribution in [0.15, 0.2) is 12.3 Å². The van der Waals surface area contributed by atoms with Gasteiger partial charge in [-0.25, -0.2) is 4.98 Å². The summed E-state index contributed by atoms with van der Waals surface area (Å²) in [6, 6.07) is 1.08. The second-order valence-corrected chi connectivity index (χ2v) is 3.14. The average Bonchev–Trinajstić information content (AvgIpc) is 2.09. The lowest BCUT2D eigenvalue weighted by Gasteiger charge is -2.12. The molecule has 1 atom stereocenters. The summed E-state index contributed by atoms with van der Waals surface area (Å²) in [5, 5.41) is 11.4. The van der Waals surface area contributed by atoms with E-state index >= 15 is 0 Å². The molecule has 1 rings (SSSR count). The maximum absolute atomic E-state index is 10.6. The van der Waals surface area contributed by atoms with Crippen molar-refractivity contribution in [2.24, 2.45) is 0 Å². The SMILES string of the molecule is Cc1cc(N)cnc1NC(C)C(=O)O. The van der Waals surface area contributed by atoms with Gasteiger partial charge in [-0.15, -0.1) is 0 Å². The number of hydrogen-bond donors (Lipinski definition) is 3. The lowest BCUT2D eigenvalue weighted by molar-refractivity contribution is -0.137. The molecular weight excluding hydrogens is 182 g/mol. The van der Waals surface area contributed by atoms with E-state index in [1.807, 2.05) is 6.92 Å². The molecule has 0 radical (unpaired) electrons. The number of carboxylic acid groups (broad SMARTS) is 1. The fourth-order valence-corrected chi connectivity index (χ4v) is 1.01. The second kappa shape index (κ2) is 3.95. The van der Waals surface area contributed by atoms with E-state index in [-0.39, 0.29) is 0 Å². The Hall–Kier alpha value is -1.78. The summed E-state index contributed by atoms with van der Waals surface area (Å²) in [7, 11) is 0. The molecule has 0 aliphatic rings. The third-order valence-electron chi connectivity index (χ3n) is 1.82. The van der Waals surface area contributed by atoms with Crippen LogP contribution in [0.5, 0.6) is 0 Å². The number of carbonyl (C=O) groups is 1. The first-order valence-electron chi connectivity index (χ1n) is 4.22. The summed E-state index contributed by atoms with van der Waals surface area (Å²) in [4.78, 5) is 14.6. The first-order chi connectivity index (χ1) is 6.50. The molecule has 5 nitrogen and oxygen atoms in total. The van der Waals surface area contributed by atoms with E-state index in [2.05, 4.69) is 10.3 Å². The molecule has 14 heavy (non-hydrogen) atoms. The zero-order valence-corrected chi connectivity index (χ0v) is 8.11. The highest BCUT2D eigenvalue weighted by atomic mass is 16.4. The first kappa shape index (κ1) is 10.3. The summed E-state index contributed by atoms with van der Waals surface area (Å²) in [6.07, 6.45) is 1.49. The molecule has 1 aromatic rings. The van der Waals surface area contributed by atoms with Gasteiger partial charge in [0, 0.05) is 0 Å². The average molecular weight is 195 g/mol. The van der Waals surface area contributed by atoms with Crippen LogP contribution in [-0.4, -0.2) is 22.1 Å². The van der Waals surface area contributed by atoms with Gasteiger partial charge in [-0.3, -0.25) is 4.79 Å². The Morgan fingerprint density at radius 2 is 2.36 bits per heavy atom. The van der Waals surface area contributed by atoms with Gasteiger partial charge >= 0.3 is 5.97 Å². The third-order valence-corrected chi connectivity index (χ3v) is 1.82. The van der Waals surface area contributed by atoms with Gasteiger partial charge in [0.2, 0.25) is 0 Å². The quantitative estimate of drug-likeness (QED) is 0.665. The van der Waals surface area contributed by atoms with Gasteiger partial charge in [0.15, 0.2) is 0 Å². The third kappa shape index (κ3) is 2.35. The molecule has 76 valence electrons. The Morgan fingerprint density at radius 1 is 1.71 bits per heavy atom. The van der Waals surface area contributed by atoms with E-state index in [4.69, 9.17) is 10.8 Å². The first-order valence-corrected chi connectivity index (χ1v) is 4.22. The van der Waals surface area contributed by atoms with Crippen molar-refractivity contribution in [3.8, 4) is 0 Å². The number of anilines is 2. The van der Waals surface area contributed by atoms with Gasteiger partial charge in [-0.2, -0.15) is 0 Å². The van der Waals surface area contributed by atoms with Crippen LogP contribution >= 0.6 is 0 Å². The van der Waals surface area contributed by atoms with E-state index in [0.717, 1.165) is 5.56 Å². The Balaban J connectivity index is 2.82. The Morgan fingerprint density at radius 3 is 2.86 bits per heavy atom. The van der Waals surface area contributed by atoms with Gasteiger partial charge < -0.3 is 16.2 Å². The Labute approximate surface area is 82.0 Å². The molecule has 1 unspecified atom stereocenters. The molecule has 0 bridgehead atoms. The van der Waals surface area contributed by atoms with Crippen molar-refractivity contribution in [3.63, 3.8) is 0 Å². The minimum atomic E-state index is -0.914. The van der Waals surface area contributed by atoms with Crippen LogP contribution in [0.4, 0.5) is 11.5 Å². The van der Waals surface area contributed by atoms with Crippen LogP contribution in [0, 0.1) is 6.92 Å². The fourth-order valence-electron chi connectivity index (χ4n) is 1.01. The number of nitrogens with zero attached hydrogens (tertiary/aromatic N) is 1. The molecule has 1 heterocycles. The van der Waals surface area contributed by atoms with Crippen molar-refractivity contribution >= 4 is 17.5 Å². The molecule has 0 amide bonds. The highest BCUT2D eigenvalue weighted by Gasteiger charge is 2.11. The molecule has 1 aromatic heterocycles. The van der Waals surface area contributed by atoms with E-state index in [1.165, 1.54) is 6.20 Å². The summed E-state index contributed by atoms with van der Waals surface area (Å²) in [5.74, 6) is -0.364. The number of aromatic nitrogens is 1. The molecule has 0 aliphatic carbocycles. The summed E-state index contributed by atoms with van der Waals surface area (Å²) >= 11 is 0. The summed E-state index contributed by atoms with van der Waals surface area (Å²) in [6.45, 7) is 3.38. The minimum absolute atomic E-state index is 0.550. The van der Waals surface area contributed by atoms with Crippen molar-refractivity contribution in [2.45, 2.75) is 19.9 Å². The second-order valence-electron chi connectivity index (χ2n) is 3.14. The highest BCUT2D eigenvalue weighted by molar-refractivity contribution is 5.76. The molecule has 0 aromatic carbocycles. The normalized spacial score (nSPS) is 12.1. The highest BCUT2D eigenvalue weighted by Crippen LogP contribution is 2.14. The lowest BCUT2D eigenvalue weighted by Crippen LogP contribution is -2.26. The number of carboxylic acids is 1. The van der Waals surface area contributed by atoms with E-state index in [9.17, 15) is 4.79 Å². The largest absolute Gasteiger partial charge is 0.480 e. The standard InChI is InChI=1S/C9H13N3O2/c1-5-3-7(10)4-11-8(5)12-6(2)9(13)14/h3-4,6H,10H2,1-2H3,(H,11,12)(H,13,14). The minimum Gasteiger partial charge on any atom is -0.480 e. The smallest absolute Gasteiger partial charge is 0.325 e. The van der Waals surface area contributed by atoms with Gasteiger partial charge in [0.25, 0.3) is 0 Å². The van der Waals surface area contributed by atoms with Crippen LogP contribution in [0.25, 0.3) is 0 Å². The van der Waals surface area contributed by atoms with Gasteiger partial charge in [-0.05, 0) is 25.5 Å². The lowest BCUT2D eigenvalue weighted by atomic mass is 10.2. The zero-order chi connectivity index (χ0) is 10.7. The molecule has 0 fully saturated rings. The molecule has 4 N–H and O–H groups in total. The number of nitrogens with one attached hydrogen (secondary N) is 1. The van der Waals surface area contributed by atoms with E-state index in [1.54, 1.807) is 13.0 Å². The fraction of sp³-hybridized carbons (Fsp3) is 0.333. The zero-order valence-electron chi connectivity index (χ0n) is 8.11. The number of pyridine rings is 1. The van der Waals surface area contributed by atoms with Crippen LogP contribution in [0.1, 0.15) is 12.5 Å². The Kier molecular flexibility index (Phi) is 2.91.